The summed E-state index contributed by atoms with van der Waals surface area (Å²) in [4.78, 5) is 23.6. The van der Waals surface area contributed by atoms with E-state index in [0.29, 0.717) is 36.2 Å². The molecule has 2 N–H and O–H groups in total. The Kier molecular flexibility index (Phi) is 5.68. The second-order valence-electron chi connectivity index (χ2n) is 5.40. The first-order chi connectivity index (χ1) is 11.5. The van der Waals surface area contributed by atoms with Gasteiger partial charge in [-0.05, 0) is 37.1 Å². The van der Waals surface area contributed by atoms with Crippen LogP contribution < -0.4 is 5.32 Å². The van der Waals surface area contributed by atoms with E-state index in [1.807, 2.05) is 13.8 Å². The van der Waals surface area contributed by atoms with Crippen molar-refractivity contribution in [3.63, 3.8) is 0 Å². The summed E-state index contributed by atoms with van der Waals surface area (Å²) < 4.78 is 14.6. The van der Waals surface area contributed by atoms with Crippen LogP contribution in [0.4, 0.5) is 4.39 Å². The molecule has 128 valence electrons. The molecule has 2 rings (SSSR count). The molecule has 7 heteroatoms. The molecule has 0 fully saturated rings. The molecule has 24 heavy (non-hydrogen) atoms. The molecule has 0 radical (unpaired) electrons. The molecule has 1 atom stereocenters. The molecule has 1 amide bonds. The van der Waals surface area contributed by atoms with Crippen LogP contribution in [0.5, 0.6) is 0 Å². The van der Waals surface area contributed by atoms with Crippen molar-refractivity contribution in [2.45, 2.75) is 39.2 Å². The number of hydrogen-bond acceptors (Lipinski definition) is 3. The Balaban J connectivity index is 2.29. The number of aliphatic carboxylic acids is 1. The highest BCUT2D eigenvalue weighted by molar-refractivity contribution is 5.97. The van der Waals surface area contributed by atoms with Crippen LogP contribution >= 0.6 is 0 Å². The van der Waals surface area contributed by atoms with Crippen LogP contribution in [-0.2, 0) is 11.2 Å². The maximum Gasteiger partial charge on any atom is 0.326 e. The molecule has 0 spiro atoms. The van der Waals surface area contributed by atoms with Gasteiger partial charge in [-0.2, -0.15) is 5.10 Å². The number of carbonyl (C=O) groups is 2. The van der Waals surface area contributed by atoms with Crippen molar-refractivity contribution in [3.05, 3.63) is 47.5 Å². The van der Waals surface area contributed by atoms with E-state index < -0.39 is 17.9 Å². The number of halogens is 1. The van der Waals surface area contributed by atoms with Gasteiger partial charge in [0, 0.05) is 0 Å². The lowest BCUT2D eigenvalue weighted by Crippen LogP contribution is -2.40. The lowest BCUT2D eigenvalue weighted by atomic mass is 10.1. The van der Waals surface area contributed by atoms with Crippen LogP contribution in [0.3, 0.4) is 0 Å². The second-order valence-corrected chi connectivity index (χ2v) is 5.40. The van der Waals surface area contributed by atoms with Gasteiger partial charge in [0.25, 0.3) is 5.91 Å². The quantitative estimate of drug-likeness (QED) is 0.815. The van der Waals surface area contributed by atoms with Crippen molar-refractivity contribution < 1.29 is 19.1 Å². The zero-order valence-electron chi connectivity index (χ0n) is 13.6. The standard InChI is InChI=1S/C17H20FN3O3/c1-3-5-14(17(23)24)20-16(22)13-10-19-21(15(13)4-2)12-8-6-11(18)7-9-12/h6-10,14H,3-5H2,1-2H3,(H,20,22)(H,23,24). The molecular weight excluding hydrogens is 313 g/mol. The van der Waals surface area contributed by atoms with Crippen LogP contribution in [0.25, 0.3) is 5.69 Å². The lowest BCUT2D eigenvalue weighted by molar-refractivity contribution is -0.139. The number of hydrogen-bond donors (Lipinski definition) is 2. The van der Waals surface area contributed by atoms with E-state index in [9.17, 15) is 14.0 Å². The molecule has 1 unspecified atom stereocenters. The molecule has 0 saturated carbocycles. The zero-order valence-corrected chi connectivity index (χ0v) is 13.6. The number of benzene rings is 1. The molecule has 6 nitrogen and oxygen atoms in total. The van der Waals surface area contributed by atoms with E-state index in [0.717, 1.165) is 0 Å². The third-order valence-corrected chi connectivity index (χ3v) is 3.70. The minimum atomic E-state index is -1.06. The summed E-state index contributed by atoms with van der Waals surface area (Å²) in [6.45, 7) is 3.72. The third kappa shape index (κ3) is 3.79. The van der Waals surface area contributed by atoms with Gasteiger partial charge in [-0.3, -0.25) is 4.79 Å². The highest BCUT2D eigenvalue weighted by atomic mass is 19.1. The predicted molar refractivity (Wildman–Crippen MR) is 86.7 cm³/mol. The van der Waals surface area contributed by atoms with E-state index in [4.69, 9.17) is 5.11 Å². The predicted octanol–water partition coefficient (Wildman–Crippen LogP) is 2.56. The van der Waals surface area contributed by atoms with E-state index in [-0.39, 0.29) is 5.82 Å². The van der Waals surface area contributed by atoms with Gasteiger partial charge in [-0.15, -0.1) is 0 Å². The van der Waals surface area contributed by atoms with Crippen molar-refractivity contribution in [1.29, 1.82) is 0 Å². The Bertz CT molecular complexity index is 725. The van der Waals surface area contributed by atoms with Crippen molar-refractivity contribution in [2.75, 3.05) is 0 Å². The minimum absolute atomic E-state index is 0.323. The van der Waals surface area contributed by atoms with Gasteiger partial charge < -0.3 is 10.4 Å². The summed E-state index contributed by atoms with van der Waals surface area (Å²) in [5.74, 6) is -1.89. The fraction of sp³-hybridized carbons (Fsp3) is 0.353. The number of amides is 1. The number of carboxylic acids is 1. The fourth-order valence-corrected chi connectivity index (χ4v) is 2.49. The molecule has 1 heterocycles. The Morgan fingerprint density at radius 2 is 1.96 bits per heavy atom. The number of carboxylic acid groups (broad SMARTS) is 1. The molecule has 0 aliphatic carbocycles. The minimum Gasteiger partial charge on any atom is -0.480 e. The van der Waals surface area contributed by atoms with Crippen molar-refractivity contribution in [2.24, 2.45) is 0 Å². The van der Waals surface area contributed by atoms with Crippen LogP contribution in [0, 0.1) is 5.82 Å². The van der Waals surface area contributed by atoms with Crippen LogP contribution in [-0.4, -0.2) is 32.8 Å². The van der Waals surface area contributed by atoms with Crippen molar-refractivity contribution in [3.8, 4) is 5.69 Å². The molecule has 2 aromatic rings. The Morgan fingerprint density at radius 1 is 1.29 bits per heavy atom. The SMILES string of the molecule is CCCC(NC(=O)c1cnn(-c2ccc(F)cc2)c1CC)C(=O)O. The van der Waals surface area contributed by atoms with Gasteiger partial charge >= 0.3 is 5.97 Å². The van der Waals surface area contributed by atoms with Gasteiger partial charge in [-0.25, -0.2) is 13.9 Å². The van der Waals surface area contributed by atoms with Gasteiger partial charge in [0.2, 0.25) is 0 Å². The average Bonchev–Trinajstić information content (AvgIpc) is 2.99. The Labute approximate surface area is 139 Å². The van der Waals surface area contributed by atoms with Crippen LogP contribution in [0.1, 0.15) is 42.7 Å². The topological polar surface area (TPSA) is 84.2 Å². The van der Waals surface area contributed by atoms with Crippen molar-refractivity contribution in [1.82, 2.24) is 15.1 Å². The second kappa shape index (κ2) is 7.72. The smallest absolute Gasteiger partial charge is 0.326 e. The summed E-state index contributed by atoms with van der Waals surface area (Å²) in [7, 11) is 0. The van der Waals surface area contributed by atoms with Crippen molar-refractivity contribution >= 4 is 11.9 Å². The van der Waals surface area contributed by atoms with E-state index in [1.54, 1.807) is 16.8 Å². The number of aromatic nitrogens is 2. The number of nitrogens with one attached hydrogen (secondary N) is 1. The summed E-state index contributed by atoms with van der Waals surface area (Å²) in [6.07, 6.45) is 2.93. The summed E-state index contributed by atoms with van der Waals surface area (Å²) in [5, 5.41) is 15.9. The fourth-order valence-electron chi connectivity index (χ4n) is 2.49. The third-order valence-electron chi connectivity index (χ3n) is 3.70. The molecule has 0 aliphatic heterocycles. The molecule has 1 aromatic heterocycles. The molecule has 0 bridgehead atoms. The largest absolute Gasteiger partial charge is 0.480 e. The van der Waals surface area contributed by atoms with E-state index >= 15 is 0 Å². The van der Waals surface area contributed by atoms with Gasteiger partial charge in [0.05, 0.1) is 23.1 Å². The summed E-state index contributed by atoms with van der Waals surface area (Å²) >= 11 is 0. The van der Waals surface area contributed by atoms with Gasteiger partial charge in [0.1, 0.15) is 11.9 Å². The maximum atomic E-state index is 13.1. The van der Waals surface area contributed by atoms with Crippen LogP contribution in [0.15, 0.2) is 30.5 Å². The number of rotatable bonds is 7. The summed E-state index contributed by atoms with van der Waals surface area (Å²) in [6, 6.07) is 4.84. The number of nitrogens with zero attached hydrogens (tertiary/aromatic N) is 2. The number of carbonyl (C=O) groups excluding carboxylic acids is 1. The first-order valence-corrected chi connectivity index (χ1v) is 7.84. The molecule has 1 aromatic carbocycles. The highest BCUT2D eigenvalue weighted by Crippen LogP contribution is 2.17. The highest BCUT2D eigenvalue weighted by Gasteiger charge is 2.23. The first-order valence-electron chi connectivity index (χ1n) is 7.84. The zero-order chi connectivity index (χ0) is 17.7. The normalized spacial score (nSPS) is 12.0. The van der Waals surface area contributed by atoms with E-state index in [1.165, 1.54) is 18.3 Å². The molecular formula is C17H20FN3O3. The summed E-state index contributed by atoms with van der Waals surface area (Å²) in [5.41, 5.74) is 1.60. The van der Waals surface area contributed by atoms with Gasteiger partial charge in [0.15, 0.2) is 0 Å². The van der Waals surface area contributed by atoms with E-state index in [2.05, 4.69) is 10.4 Å². The van der Waals surface area contributed by atoms with Gasteiger partial charge in [-0.1, -0.05) is 20.3 Å². The Hall–Kier alpha value is -2.70. The monoisotopic (exact) mass is 333 g/mol. The first kappa shape index (κ1) is 17.7. The Morgan fingerprint density at radius 3 is 2.50 bits per heavy atom. The maximum absolute atomic E-state index is 13.1. The average molecular weight is 333 g/mol. The molecule has 0 aliphatic rings. The lowest BCUT2D eigenvalue weighted by Gasteiger charge is -2.14. The van der Waals surface area contributed by atoms with Crippen LogP contribution in [0.2, 0.25) is 0 Å². The molecule has 0 saturated heterocycles.